The maximum Gasteiger partial charge on any atom is 0.199 e. The first-order valence-electron chi connectivity index (χ1n) is 7.13. The van der Waals surface area contributed by atoms with Crippen LogP contribution in [-0.2, 0) is 0 Å². The van der Waals surface area contributed by atoms with Gasteiger partial charge in [-0.05, 0) is 12.1 Å². The quantitative estimate of drug-likeness (QED) is 0.736. The van der Waals surface area contributed by atoms with Crippen molar-refractivity contribution in [2.75, 3.05) is 14.2 Å². The smallest absolute Gasteiger partial charge is 0.199 e. The highest BCUT2D eigenvalue weighted by molar-refractivity contribution is 6.03. The van der Waals surface area contributed by atoms with Gasteiger partial charge in [0, 0.05) is 11.6 Å². The van der Waals surface area contributed by atoms with Gasteiger partial charge in [-0.3, -0.25) is 4.79 Å². The summed E-state index contributed by atoms with van der Waals surface area (Å²) in [7, 11) is 2.88. The zero-order valence-corrected chi connectivity index (χ0v) is 13.0. The molecule has 0 amide bonds. The number of hydrogen-bond acceptors (Lipinski definition) is 7. The van der Waals surface area contributed by atoms with Crippen LogP contribution in [0, 0.1) is 0 Å². The number of aliphatic hydroxyl groups is 1. The van der Waals surface area contributed by atoms with E-state index in [2.05, 4.69) is 0 Å². The van der Waals surface area contributed by atoms with Gasteiger partial charge in [0.05, 0.1) is 19.8 Å². The zero-order chi connectivity index (χ0) is 17.4. The molecule has 0 unspecified atom stereocenters. The number of aromatic hydroxyl groups is 2. The van der Waals surface area contributed by atoms with Gasteiger partial charge in [0.15, 0.2) is 41.0 Å². The molecule has 2 aromatic carbocycles. The summed E-state index contributed by atoms with van der Waals surface area (Å²) in [6, 6.07) is 7.14. The number of rotatable bonds is 3. The summed E-state index contributed by atoms with van der Waals surface area (Å²) < 4.78 is 16.0. The fourth-order valence-corrected chi connectivity index (χ4v) is 2.66. The van der Waals surface area contributed by atoms with Crippen LogP contribution >= 0.6 is 0 Å². The molecule has 0 saturated heterocycles. The predicted molar refractivity (Wildman–Crippen MR) is 83.0 cm³/mol. The second kappa shape index (κ2) is 5.93. The standard InChI is InChI=1S/C17H16O7/c1-22-12-6-9-11(7-13(12)23-2)24-17(16(21)15(9)20)8-4-3-5-10(18)14(8)19/h3-7,16-19,21H,1-2H3/t16-,17+/m1/s1. The van der Waals surface area contributed by atoms with Crippen LogP contribution in [0.1, 0.15) is 22.0 Å². The first-order valence-corrected chi connectivity index (χ1v) is 7.13. The fourth-order valence-electron chi connectivity index (χ4n) is 2.66. The Bertz CT molecular complexity index is 800. The molecule has 126 valence electrons. The van der Waals surface area contributed by atoms with E-state index in [9.17, 15) is 20.1 Å². The van der Waals surface area contributed by atoms with Crippen LogP contribution in [0.15, 0.2) is 30.3 Å². The Balaban J connectivity index is 2.10. The van der Waals surface area contributed by atoms with Gasteiger partial charge in [-0.2, -0.15) is 0 Å². The maximum absolute atomic E-state index is 12.5. The van der Waals surface area contributed by atoms with Crippen LogP contribution in [0.3, 0.4) is 0 Å². The fraction of sp³-hybridized carbons (Fsp3) is 0.235. The largest absolute Gasteiger partial charge is 0.504 e. The Morgan fingerprint density at radius 3 is 2.42 bits per heavy atom. The molecule has 3 rings (SSSR count). The number of methoxy groups -OCH3 is 2. The lowest BCUT2D eigenvalue weighted by Crippen LogP contribution is -2.36. The van der Waals surface area contributed by atoms with E-state index in [1.165, 1.54) is 44.6 Å². The Morgan fingerprint density at radius 1 is 1.08 bits per heavy atom. The monoisotopic (exact) mass is 332 g/mol. The van der Waals surface area contributed by atoms with E-state index in [1.54, 1.807) is 0 Å². The third-order valence-electron chi connectivity index (χ3n) is 3.91. The Kier molecular flexibility index (Phi) is 3.94. The number of ketones is 1. The lowest BCUT2D eigenvalue weighted by atomic mass is 9.92. The minimum absolute atomic E-state index is 0.108. The Labute approximate surface area is 137 Å². The topological polar surface area (TPSA) is 105 Å². The number of carbonyl (C=O) groups excluding carboxylic acids is 1. The average Bonchev–Trinajstić information content (AvgIpc) is 2.59. The minimum atomic E-state index is -1.54. The van der Waals surface area contributed by atoms with Gasteiger partial charge in [0.25, 0.3) is 0 Å². The van der Waals surface area contributed by atoms with E-state index >= 15 is 0 Å². The van der Waals surface area contributed by atoms with Gasteiger partial charge in [-0.15, -0.1) is 0 Å². The van der Waals surface area contributed by atoms with E-state index < -0.39 is 23.7 Å². The number of ether oxygens (including phenoxy) is 3. The average molecular weight is 332 g/mol. The summed E-state index contributed by atoms with van der Waals surface area (Å²) in [5, 5.41) is 29.9. The Hall–Kier alpha value is -2.93. The zero-order valence-electron chi connectivity index (χ0n) is 13.0. The first kappa shape index (κ1) is 15.9. The van der Waals surface area contributed by atoms with Gasteiger partial charge in [-0.1, -0.05) is 12.1 Å². The molecule has 24 heavy (non-hydrogen) atoms. The maximum atomic E-state index is 12.5. The van der Waals surface area contributed by atoms with Crippen molar-refractivity contribution in [1.82, 2.24) is 0 Å². The number of hydrogen-bond donors (Lipinski definition) is 3. The summed E-state index contributed by atoms with van der Waals surface area (Å²) >= 11 is 0. The summed E-state index contributed by atoms with van der Waals surface area (Å²) in [4.78, 5) is 12.5. The molecule has 1 heterocycles. The molecule has 1 aliphatic rings. The highest BCUT2D eigenvalue weighted by Gasteiger charge is 2.39. The summed E-state index contributed by atoms with van der Waals surface area (Å²) in [6.07, 6.45) is -2.70. The molecule has 0 bridgehead atoms. The van der Waals surface area contributed by atoms with Crippen LogP contribution in [0.4, 0.5) is 0 Å². The van der Waals surface area contributed by atoms with Crippen molar-refractivity contribution in [1.29, 1.82) is 0 Å². The number of phenolic OH excluding ortho intramolecular Hbond substituents is 2. The number of aliphatic hydroxyl groups excluding tert-OH is 1. The molecule has 0 aliphatic carbocycles. The van der Waals surface area contributed by atoms with Crippen molar-refractivity contribution in [3.8, 4) is 28.7 Å². The molecule has 1 aliphatic heterocycles. The van der Waals surface area contributed by atoms with Crippen LogP contribution < -0.4 is 14.2 Å². The SMILES string of the molecule is COc1cc2c(cc1OC)C(=O)[C@@H](O)[C@H](c1cccc(O)c1O)O2. The molecule has 2 atom stereocenters. The number of phenols is 2. The van der Waals surface area contributed by atoms with E-state index in [4.69, 9.17) is 14.2 Å². The number of carbonyl (C=O) groups is 1. The first-order chi connectivity index (χ1) is 11.5. The second-order valence-electron chi connectivity index (χ2n) is 5.27. The third kappa shape index (κ3) is 2.39. The molecular weight excluding hydrogens is 316 g/mol. The third-order valence-corrected chi connectivity index (χ3v) is 3.91. The van der Waals surface area contributed by atoms with E-state index in [1.807, 2.05) is 0 Å². The molecule has 2 aromatic rings. The van der Waals surface area contributed by atoms with Gasteiger partial charge in [0.2, 0.25) is 0 Å². The second-order valence-corrected chi connectivity index (χ2v) is 5.27. The van der Waals surface area contributed by atoms with Crippen LogP contribution in [0.2, 0.25) is 0 Å². The molecule has 0 fully saturated rings. The number of para-hydroxylation sites is 1. The highest BCUT2D eigenvalue weighted by Crippen LogP contribution is 2.44. The van der Waals surface area contributed by atoms with Gasteiger partial charge in [0.1, 0.15) is 5.75 Å². The van der Waals surface area contributed by atoms with Gasteiger partial charge in [-0.25, -0.2) is 0 Å². The summed E-state index contributed by atoms with van der Waals surface area (Å²) in [5.41, 5.74) is 0.257. The highest BCUT2D eigenvalue weighted by atomic mass is 16.5. The predicted octanol–water partition coefficient (Wildman–Crippen LogP) is 1.79. The molecule has 7 heteroatoms. The lowest BCUT2D eigenvalue weighted by molar-refractivity contribution is 0.0206. The van der Waals surface area contributed by atoms with E-state index in [-0.39, 0.29) is 22.6 Å². The molecule has 0 radical (unpaired) electrons. The summed E-state index contributed by atoms with van der Waals surface area (Å²) in [5.74, 6) is -0.508. The van der Waals surface area contributed by atoms with Crippen molar-refractivity contribution in [3.05, 3.63) is 41.5 Å². The lowest BCUT2D eigenvalue weighted by Gasteiger charge is -2.30. The van der Waals surface area contributed by atoms with Crippen molar-refractivity contribution in [3.63, 3.8) is 0 Å². The van der Waals surface area contributed by atoms with E-state index in [0.717, 1.165) is 0 Å². The van der Waals surface area contributed by atoms with E-state index in [0.29, 0.717) is 11.5 Å². The number of fused-ring (bicyclic) bond motifs is 1. The van der Waals surface area contributed by atoms with Crippen LogP contribution in [-0.4, -0.2) is 41.4 Å². The molecule has 0 saturated carbocycles. The molecular formula is C17H16O7. The molecule has 7 nitrogen and oxygen atoms in total. The minimum Gasteiger partial charge on any atom is -0.504 e. The van der Waals surface area contributed by atoms with Crippen LogP contribution in [0.25, 0.3) is 0 Å². The van der Waals surface area contributed by atoms with Crippen molar-refractivity contribution in [2.24, 2.45) is 0 Å². The Morgan fingerprint density at radius 2 is 1.75 bits per heavy atom. The normalized spacial score (nSPS) is 19.4. The molecule has 0 spiro atoms. The van der Waals surface area contributed by atoms with Crippen molar-refractivity contribution >= 4 is 5.78 Å². The van der Waals surface area contributed by atoms with Crippen molar-refractivity contribution in [2.45, 2.75) is 12.2 Å². The molecule has 3 N–H and O–H groups in total. The van der Waals surface area contributed by atoms with Gasteiger partial charge < -0.3 is 29.5 Å². The van der Waals surface area contributed by atoms with Crippen LogP contribution in [0.5, 0.6) is 28.7 Å². The van der Waals surface area contributed by atoms with Crippen molar-refractivity contribution < 1.29 is 34.3 Å². The van der Waals surface area contributed by atoms with Gasteiger partial charge >= 0.3 is 0 Å². The number of benzene rings is 2. The number of Topliss-reactive ketones (excluding diaryl/α,β-unsaturated/α-hetero) is 1. The summed E-state index contributed by atoms with van der Waals surface area (Å²) in [6.45, 7) is 0. The molecule has 0 aromatic heterocycles.